The smallest absolute Gasteiger partial charge is 0.120 e. The van der Waals surface area contributed by atoms with Crippen LogP contribution < -0.4 is 9.47 Å². The number of aliphatic hydroxyl groups excluding tert-OH is 1. The van der Waals surface area contributed by atoms with Crippen molar-refractivity contribution in [1.29, 1.82) is 0 Å². The summed E-state index contributed by atoms with van der Waals surface area (Å²) in [5.74, 6) is 1.65. The van der Waals surface area contributed by atoms with Crippen LogP contribution >= 0.6 is 0 Å². The number of methoxy groups -OCH3 is 1. The van der Waals surface area contributed by atoms with Gasteiger partial charge in [-0.05, 0) is 60.2 Å². The lowest BCUT2D eigenvalue weighted by atomic mass is 9.89. The van der Waals surface area contributed by atoms with Gasteiger partial charge in [-0.3, -0.25) is 0 Å². The van der Waals surface area contributed by atoms with Crippen molar-refractivity contribution in [2.24, 2.45) is 0 Å². The van der Waals surface area contributed by atoms with Crippen molar-refractivity contribution < 1.29 is 14.6 Å². The van der Waals surface area contributed by atoms with E-state index in [0.29, 0.717) is 6.61 Å². The molecule has 1 N–H and O–H groups in total. The number of hydrogen-bond donors (Lipinski definition) is 1. The maximum Gasteiger partial charge on any atom is 0.120 e. The molecule has 3 rings (SSSR count). The predicted octanol–water partition coefficient (Wildman–Crippen LogP) is 3.64. The van der Waals surface area contributed by atoms with Gasteiger partial charge in [-0.15, -0.1) is 0 Å². The SMILES string of the molecule is COc1ccc(COc2ccc3c(c2)C(O)CCC3)cc1. The molecule has 3 heteroatoms. The van der Waals surface area contributed by atoms with E-state index < -0.39 is 0 Å². The van der Waals surface area contributed by atoms with Crippen molar-refractivity contribution in [3.8, 4) is 11.5 Å². The second kappa shape index (κ2) is 6.19. The highest BCUT2D eigenvalue weighted by molar-refractivity contribution is 5.38. The average molecular weight is 284 g/mol. The third-order valence-electron chi connectivity index (χ3n) is 3.96. The number of aryl methyl sites for hydroxylation is 1. The molecule has 1 unspecified atom stereocenters. The number of hydrogen-bond acceptors (Lipinski definition) is 3. The van der Waals surface area contributed by atoms with Crippen LogP contribution in [0.25, 0.3) is 0 Å². The molecule has 21 heavy (non-hydrogen) atoms. The largest absolute Gasteiger partial charge is 0.497 e. The Balaban J connectivity index is 1.68. The second-order valence-corrected chi connectivity index (χ2v) is 5.41. The molecule has 0 saturated heterocycles. The highest BCUT2D eigenvalue weighted by Gasteiger charge is 2.18. The Morgan fingerprint density at radius 2 is 1.86 bits per heavy atom. The molecule has 0 aliphatic heterocycles. The van der Waals surface area contributed by atoms with Crippen LogP contribution in [0.15, 0.2) is 42.5 Å². The summed E-state index contributed by atoms with van der Waals surface area (Å²) in [5.41, 5.74) is 3.35. The standard InChI is InChI=1S/C18H20O3/c1-20-15-8-5-13(6-9-15)12-21-16-10-7-14-3-2-4-18(19)17(14)11-16/h5-11,18-19H,2-4,12H2,1H3. The predicted molar refractivity (Wildman–Crippen MR) is 81.7 cm³/mol. The molecular formula is C18H20O3. The molecule has 0 radical (unpaired) electrons. The van der Waals surface area contributed by atoms with Crippen molar-refractivity contribution in [2.45, 2.75) is 32.0 Å². The first-order valence-electron chi connectivity index (χ1n) is 7.33. The van der Waals surface area contributed by atoms with Gasteiger partial charge in [-0.1, -0.05) is 18.2 Å². The van der Waals surface area contributed by atoms with E-state index in [9.17, 15) is 5.11 Å². The molecule has 0 aromatic heterocycles. The van der Waals surface area contributed by atoms with Gasteiger partial charge in [0.05, 0.1) is 13.2 Å². The molecule has 0 fully saturated rings. The summed E-state index contributed by atoms with van der Waals surface area (Å²) in [6, 6.07) is 13.9. The summed E-state index contributed by atoms with van der Waals surface area (Å²) in [5, 5.41) is 10.1. The molecule has 0 bridgehead atoms. The van der Waals surface area contributed by atoms with E-state index in [4.69, 9.17) is 9.47 Å². The van der Waals surface area contributed by atoms with Gasteiger partial charge in [-0.2, -0.15) is 0 Å². The summed E-state index contributed by atoms with van der Waals surface area (Å²) in [4.78, 5) is 0. The molecule has 1 aliphatic rings. The van der Waals surface area contributed by atoms with Gasteiger partial charge < -0.3 is 14.6 Å². The molecule has 110 valence electrons. The summed E-state index contributed by atoms with van der Waals surface area (Å²) in [6.07, 6.45) is 2.60. The number of benzene rings is 2. The van der Waals surface area contributed by atoms with E-state index in [-0.39, 0.29) is 6.10 Å². The van der Waals surface area contributed by atoms with Crippen molar-refractivity contribution in [1.82, 2.24) is 0 Å². The van der Waals surface area contributed by atoms with E-state index in [2.05, 4.69) is 6.07 Å². The maximum atomic E-state index is 10.1. The molecule has 1 atom stereocenters. The van der Waals surface area contributed by atoms with Gasteiger partial charge in [0.15, 0.2) is 0 Å². The topological polar surface area (TPSA) is 38.7 Å². The summed E-state index contributed by atoms with van der Waals surface area (Å²) < 4.78 is 11.0. The van der Waals surface area contributed by atoms with Crippen molar-refractivity contribution in [2.75, 3.05) is 7.11 Å². The first-order chi connectivity index (χ1) is 10.3. The maximum absolute atomic E-state index is 10.1. The van der Waals surface area contributed by atoms with E-state index >= 15 is 0 Å². The number of ether oxygens (including phenoxy) is 2. The minimum Gasteiger partial charge on any atom is -0.497 e. The normalized spacial score (nSPS) is 17.1. The first kappa shape index (κ1) is 14.0. The monoisotopic (exact) mass is 284 g/mol. The molecule has 0 amide bonds. The third kappa shape index (κ3) is 3.19. The molecule has 2 aromatic rings. The zero-order chi connectivity index (χ0) is 14.7. The molecule has 3 nitrogen and oxygen atoms in total. The zero-order valence-corrected chi connectivity index (χ0v) is 12.2. The lowest BCUT2D eigenvalue weighted by molar-refractivity contribution is 0.156. The van der Waals surface area contributed by atoms with Crippen LogP contribution in [0, 0.1) is 0 Å². The fourth-order valence-electron chi connectivity index (χ4n) is 2.73. The fourth-order valence-corrected chi connectivity index (χ4v) is 2.73. The Bertz CT molecular complexity index is 604. The highest BCUT2D eigenvalue weighted by atomic mass is 16.5. The Morgan fingerprint density at radius 3 is 2.62 bits per heavy atom. The lowest BCUT2D eigenvalue weighted by Gasteiger charge is -2.22. The van der Waals surface area contributed by atoms with E-state index in [1.165, 1.54) is 5.56 Å². The van der Waals surface area contributed by atoms with Crippen LogP contribution in [0.4, 0.5) is 0 Å². The summed E-state index contributed by atoms with van der Waals surface area (Å²) >= 11 is 0. The van der Waals surface area contributed by atoms with E-state index in [1.807, 2.05) is 36.4 Å². The van der Waals surface area contributed by atoms with Gasteiger partial charge in [0, 0.05) is 0 Å². The van der Waals surface area contributed by atoms with E-state index in [1.54, 1.807) is 7.11 Å². The number of aliphatic hydroxyl groups is 1. The van der Waals surface area contributed by atoms with Crippen LogP contribution in [0.3, 0.4) is 0 Å². The van der Waals surface area contributed by atoms with Crippen molar-refractivity contribution in [3.63, 3.8) is 0 Å². The fraction of sp³-hybridized carbons (Fsp3) is 0.333. The Labute approximate surface area is 125 Å². The van der Waals surface area contributed by atoms with Crippen LogP contribution in [-0.2, 0) is 13.0 Å². The van der Waals surface area contributed by atoms with Crippen molar-refractivity contribution in [3.05, 3.63) is 59.2 Å². The summed E-state index contributed by atoms with van der Waals surface area (Å²) in [7, 11) is 1.66. The zero-order valence-electron chi connectivity index (χ0n) is 12.2. The Kier molecular flexibility index (Phi) is 4.11. The molecule has 1 aliphatic carbocycles. The van der Waals surface area contributed by atoms with Crippen molar-refractivity contribution >= 4 is 0 Å². The third-order valence-corrected chi connectivity index (χ3v) is 3.96. The average Bonchev–Trinajstić information content (AvgIpc) is 2.54. The van der Waals surface area contributed by atoms with Gasteiger partial charge >= 0.3 is 0 Å². The second-order valence-electron chi connectivity index (χ2n) is 5.41. The van der Waals surface area contributed by atoms with Crippen LogP contribution in [-0.4, -0.2) is 12.2 Å². The number of fused-ring (bicyclic) bond motifs is 1. The quantitative estimate of drug-likeness (QED) is 0.931. The lowest BCUT2D eigenvalue weighted by Crippen LogP contribution is -2.09. The van der Waals surface area contributed by atoms with Crippen LogP contribution in [0.2, 0.25) is 0 Å². The Morgan fingerprint density at radius 1 is 1.10 bits per heavy atom. The minimum atomic E-state index is -0.349. The molecule has 0 saturated carbocycles. The van der Waals surface area contributed by atoms with E-state index in [0.717, 1.165) is 41.9 Å². The van der Waals surface area contributed by atoms with Gasteiger partial charge in [0.1, 0.15) is 18.1 Å². The molecule has 2 aromatic carbocycles. The molecule has 0 heterocycles. The van der Waals surface area contributed by atoms with Crippen LogP contribution in [0.1, 0.15) is 35.6 Å². The van der Waals surface area contributed by atoms with Gasteiger partial charge in [0.2, 0.25) is 0 Å². The first-order valence-corrected chi connectivity index (χ1v) is 7.33. The minimum absolute atomic E-state index is 0.349. The highest BCUT2D eigenvalue weighted by Crippen LogP contribution is 2.32. The molecule has 0 spiro atoms. The van der Waals surface area contributed by atoms with Crippen LogP contribution in [0.5, 0.6) is 11.5 Å². The Hall–Kier alpha value is -2.00. The number of rotatable bonds is 4. The molecular weight excluding hydrogens is 264 g/mol. The van der Waals surface area contributed by atoms with Gasteiger partial charge in [0.25, 0.3) is 0 Å². The summed E-state index contributed by atoms with van der Waals surface area (Å²) in [6.45, 7) is 0.513. The van der Waals surface area contributed by atoms with Gasteiger partial charge in [-0.25, -0.2) is 0 Å².